The van der Waals surface area contributed by atoms with Crippen molar-refractivity contribution >= 4 is 11.6 Å². The van der Waals surface area contributed by atoms with Gasteiger partial charge in [-0.1, -0.05) is 24.6 Å². The van der Waals surface area contributed by atoms with E-state index in [2.05, 4.69) is 17.2 Å². The first-order valence-electron chi connectivity index (χ1n) is 6.29. The van der Waals surface area contributed by atoms with Crippen molar-refractivity contribution in [2.45, 2.75) is 20.4 Å². The van der Waals surface area contributed by atoms with Gasteiger partial charge in [0, 0.05) is 17.6 Å². The summed E-state index contributed by atoms with van der Waals surface area (Å²) in [4.78, 5) is 4.44. The molecule has 0 unspecified atom stereocenters. The van der Waals surface area contributed by atoms with Crippen LogP contribution in [-0.2, 0) is 6.54 Å². The first-order valence-corrected chi connectivity index (χ1v) is 6.67. The Balaban J connectivity index is 2.11. The Kier molecular flexibility index (Phi) is 4.77. The average Bonchev–Trinajstić information content (AvgIpc) is 2.41. The molecule has 0 saturated carbocycles. The molecule has 3 nitrogen and oxygen atoms in total. The van der Waals surface area contributed by atoms with E-state index in [-0.39, 0.29) is 0 Å². The van der Waals surface area contributed by atoms with E-state index >= 15 is 0 Å². The fraction of sp³-hybridized carbons (Fsp3) is 0.267. The van der Waals surface area contributed by atoms with E-state index in [1.165, 1.54) is 0 Å². The summed E-state index contributed by atoms with van der Waals surface area (Å²) < 4.78 is 5.74. The summed E-state index contributed by atoms with van der Waals surface area (Å²) in [7, 11) is 0. The zero-order chi connectivity index (χ0) is 13.7. The second-order valence-electron chi connectivity index (χ2n) is 4.26. The fourth-order valence-corrected chi connectivity index (χ4v) is 1.78. The molecule has 2 aromatic rings. The number of nitrogens with zero attached hydrogens (tertiary/aromatic N) is 1. The molecule has 1 aromatic carbocycles. The van der Waals surface area contributed by atoms with Crippen molar-refractivity contribution in [1.29, 1.82) is 0 Å². The molecule has 0 saturated heterocycles. The Labute approximate surface area is 118 Å². The first-order chi connectivity index (χ1) is 9.19. The van der Waals surface area contributed by atoms with E-state index in [1.54, 1.807) is 0 Å². The van der Waals surface area contributed by atoms with Gasteiger partial charge in [-0.25, -0.2) is 4.98 Å². The number of aryl methyl sites for hydroxylation is 1. The van der Waals surface area contributed by atoms with Crippen molar-refractivity contribution < 1.29 is 4.74 Å². The lowest BCUT2D eigenvalue weighted by Crippen LogP contribution is -2.12. The van der Waals surface area contributed by atoms with Gasteiger partial charge in [0.25, 0.3) is 0 Å². The van der Waals surface area contributed by atoms with Crippen LogP contribution in [0.25, 0.3) is 0 Å². The Bertz CT molecular complexity index is 558. The summed E-state index contributed by atoms with van der Waals surface area (Å²) in [6.07, 6.45) is 0. The lowest BCUT2D eigenvalue weighted by molar-refractivity contribution is 0.459. The first kappa shape index (κ1) is 13.8. The van der Waals surface area contributed by atoms with Crippen molar-refractivity contribution in [1.82, 2.24) is 10.3 Å². The van der Waals surface area contributed by atoms with Crippen molar-refractivity contribution in [3.8, 4) is 11.6 Å². The number of hydrogen-bond donors (Lipinski definition) is 1. The van der Waals surface area contributed by atoms with Crippen LogP contribution in [0.2, 0.25) is 5.02 Å². The maximum Gasteiger partial charge on any atom is 0.219 e. The molecule has 1 N–H and O–H groups in total. The summed E-state index contributed by atoms with van der Waals surface area (Å²) >= 11 is 5.99. The van der Waals surface area contributed by atoms with Crippen LogP contribution in [0.15, 0.2) is 36.4 Å². The molecule has 1 aromatic heterocycles. The van der Waals surface area contributed by atoms with Crippen LogP contribution in [0.4, 0.5) is 0 Å². The van der Waals surface area contributed by atoms with Crippen LogP contribution in [-0.4, -0.2) is 11.5 Å². The molecular formula is C15H17ClN2O. The standard InChI is InChI=1S/C15H17ClN2O/c1-3-17-10-12-5-4-6-15(18-12)19-13-7-8-14(16)11(2)9-13/h4-9,17H,3,10H2,1-2H3. The summed E-state index contributed by atoms with van der Waals surface area (Å²) in [6.45, 7) is 5.68. The monoisotopic (exact) mass is 276 g/mol. The third kappa shape index (κ3) is 3.94. The van der Waals surface area contributed by atoms with E-state index in [9.17, 15) is 0 Å². The van der Waals surface area contributed by atoms with Gasteiger partial charge in [-0.15, -0.1) is 0 Å². The quantitative estimate of drug-likeness (QED) is 0.898. The van der Waals surface area contributed by atoms with Gasteiger partial charge in [-0.05, 0) is 43.3 Å². The van der Waals surface area contributed by atoms with Crippen LogP contribution >= 0.6 is 11.6 Å². The van der Waals surface area contributed by atoms with Gasteiger partial charge in [0.05, 0.1) is 5.69 Å². The van der Waals surface area contributed by atoms with Gasteiger partial charge in [-0.3, -0.25) is 0 Å². The lowest BCUT2D eigenvalue weighted by atomic mass is 10.2. The minimum atomic E-state index is 0.595. The zero-order valence-corrected chi connectivity index (χ0v) is 11.9. The minimum Gasteiger partial charge on any atom is -0.439 e. The molecule has 0 spiro atoms. The lowest BCUT2D eigenvalue weighted by Gasteiger charge is -2.08. The summed E-state index contributed by atoms with van der Waals surface area (Å²) in [5, 5.41) is 3.97. The van der Waals surface area contributed by atoms with Gasteiger partial charge >= 0.3 is 0 Å². The van der Waals surface area contributed by atoms with E-state index in [4.69, 9.17) is 16.3 Å². The second kappa shape index (κ2) is 6.55. The number of hydrogen-bond acceptors (Lipinski definition) is 3. The Morgan fingerprint density at radius 1 is 1.26 bits per heavy atom. The molecule has 100 valence electrons. The molecule has 0 radical (unpaired) electrons. The van der Waals surface area contributed by atoms with Gasteiger partial charge in [0.15, 0.2) is 0 Å². The van der Waals surface area contributed by atoms with Gasteiger partial charge in [0.2, 0.25) is 5.88 Å². The van der Waals surface area contributed by atoms with Crippen LogP contribution in [0.5, 0.6) is 11.6 Å². The van der Waals surface area contributed by atoms with Gasteiger partial charge in [0.1, 0.15) is 5.75 Å². The van der Waals surface area contributed by atoms with Crippen LogP contribution in [0.3, 0.4) is 0 Å². The largest absolute Gasteiger partial charge is 0.439 e. The van der Waals surface area contributed by atoms with Crippen molar-refractivity contribution in [2.24, 2.45) is 0 Å². The number of nitrogens with one attached hydrogen (secondary N) is 1. The van der Waals surface area contributed by atoms with Crippen LogP contribution in [0, 0.1) is 6.92 Å². The minimum absolute atomic E-state index is 0.595. The third-order valence-electron chi connectivity index (χ3n) is 2.69. The Hall–Kier alpha value is -1.58. The SMILES string of the molecule is CCNCc1cccc(Oc2ccc(Cl)c(C)c2)n1. The molecule has 0 atom stereocenters. The maximum atomic E-state index is 5.99. The summed E-state index contributed by atoms with van der Waals surface area (Å²) in [5.74, 6) is 1.34. The van der Waals surface area contributed by atoms with E-state index in [1.807, 2.05) is 43.3 Å². The number of benzene rings is 1. The van der Waals surface area contributed by atoms with Crippen molar-refractivity contribution in [3.63, 3.8) is 0 Å². The molecule has 19 heavy (non-hydrogen) atoms. The molecule has 0 fully saturated rings. The molecular weight excluding hydrogens is 260 g/mol. The van der Waals surface area contributed by atoms with E-state index < -0.39 is 0 Å². The second-order valence-corrected chi connectivity index (χ2v) is 4.67. The summed E-state index contributed by atoms with van der Waals surface area (Å²) in [6, 6.07) is 11.3. The van der Waals surface area contributed by atoms with Gasteiger partial charge < -0.3 is 10.1 Å². The Morgan fingerprint density at radius 3 is 2.84 bits per heavy atom. The number of aromatic nitrogens is 1. The number of halogens is 1. The van der Waals surface area contributed by atoms with E-state index in [0.717, 1.165) is 35.1 Å². The fourth-order valence-electron chi connectivity index (χ4n) is 1.67. The molecule has 0 amide bonds. The molecule has 0 aliphatic heterocycles. The smallest absolute Gasteiger partial charge is 0.219 e. The third-order valence-corrected chi connectivity index (χ3v) is 3.11. The van der Waals surface area contributed by atoms with Crippen LogP contribution in [0.1, 0.15) is 18.2 Å². The predicted octanol–water partition coefficient (Wildman–Crippen LogP) is 3.95. The van der Waals surface area contributed by atoms with Crippen LogP contribution < -0.4 is 10.1 Å². The molecule has 0 bridgehead atoms. The number of pyridine rings is 1. The van der Waals surface area contributed by atoms with E-state index in [0.29, 0.717) is 5.88 Å². The van der Waals surface area contributed by atoms with Gasteiger partial charge in [-0.2, -0.15) is 0 Å². The highest BCUT2D eigenvalue weighted by molar-refractivity contribution is 6.31. The Morgan fingerprint density at radius 2 is 2.11 bits per heavy atom. The zero-order valence-electron chi connectivity index (χ0n) is 11.1. The molecule has 0 aliphatic rings. The molecule has 4 heteroatoms. The normalized spacial score (nSPS) is 10.5. The topological polar surface area (TPSA) is 34.1 Å². The highest BCUT2D eigenvalue weighted by atomic mass is 35.5. The number of ether oxygens (including phenoxy) is 1. The highest BCUT2D eigenvalue weighted by Crippen LogP contribution is 2.24. The highest BCUT2D eigenvalue weighted by Gasteiger charge is 2.02. The van der Waals surface area contributed by atoms with Crippen molar-refractivity contribution in [3.05, 3.63) is 52.7 Å². The summed E-state index contributed by atoms with van der Waals surface area (Å²) in [5.41, 5.74) is 1.95. The molecule has 0 aliphatic carbocycles. The van der Waals surface area contributed by atoms with Crippen molar-refractivity contribution in [2.75, 3.05) is 6.54 Å². The molecule has 1 heterocycles. The molecule has 2 rings (SSSR count). The average molecular weight is 277 g/mol. The number of rotatable bonds is 5. The predicted molar refractivity (Wildman–Crippen MR) is 77.9 cm³/mol. The maximum absolute atomic E-state index is 5.99.